The molecule has 1 heteroatoms. The summed E-state index contributed by atoms with van der Waals surface area (Å²) in [7, 11) is 0. The molecule has 0 saturated carbocycles. The zero-order chi connectivity index (χ0) is 19.2. The molecule has 0 heterocycles. The van der Waals surface area contributed by atoms with Gasteiger partial charge in [0.25, 0.3) is 0 Å². The van der Waals surface area contributed by atoms with Crippen molar-refractivity contribution >= 4 is 43.1 Å². The second-order valence-electron chi connectivity index (χ2n) is 7.42. The van der Waals surface area contributed by atoms with Crippen molar-refractivity contribution in [1.29, 1.82) is 0 Å². The van der Waals surface area contributed by atoms with Crippen molar-refractivity contribution in [3.63, 3.8) is 0 Å². The molecule has 0 amide bonds. The quantitative estimate of drug-likeness (QED) is 0.221. The van der Waals surface area contributed by atoms with Crippen molar-refractivity contribution in [2.24, 2.45) is 0 Å². The molecular weight excluding hydrogens is 352 g/mol. The first-order valence-corrected chi connectivity index (χ1v) is 9.87. The van der Waals surface area contributed by atoms with Gasteiger partial charge in [-0.1, -0.05) is 78.9 Å². The number of rotatable bonds is 2. The largest absolute Gasteiger partial charge is 0.456 e. The Morgan fingerprint density at radius 1 is 0.345 bits per heavy atom. The number of hydrogen-bond donors (Lipinski definition) is 0. The van der Waals surface area contributed by atoms with Crippen molar-refractivity contribution < 1.29 is 4.74 Å². The lowest BCUT2D eigenvalue weighted by Crippen LogP contribution is -1.88. The molecule has 136 valence electrons. The molecule has 0 saturated heterocycles. The number of ether oxygens (including phenoxy) is 1. The van der Waals surface area contributed by atoms with E-state index < -0.39 is 0 Å². The monoisotopic (exact) mass is 370 g/mol. The molecule has 0 fully saturated rings. The van der Waals surface area contributed by atoms with Gasteiger partial charge < -0.3 is 4.74 Å². The molecule has 0 aromatic heterocycles. The molecular formula is C28H18O. The summed E-state index contributed by atoms with van der Waals surface area (Å²) in [6, 6.07) is 38.3. The second-order valence-corrected chi connectivity index (χ2v) is 7.42. The van der Waals surface area contributed by atoms with Crippen molar-refractivity contribution in [3.8, 4) is 11.5 Å². The van der Waals surface area contributed by atoms with E-state index in [-0.39, 0.29) is 0 Å². The van der Waals surface area contributed by atoms with Crippen LogP contribution in [-0.2, 0) is 0 Å². The van der Waals surface area contributed by atoms with E-state index >= 15 is 0 Å². The third-order valence-electron chi connectivity index (χ3n) is 5.67. The standard InChI is InChI=1S/C28H18O/c1-2-9-21-18-26-22(17-20(21)8-1)10-5-13-28(26)29-27-14-6-12-24-23-11-4-3-7-19(23)15-16-25(24)27/h1-18H. The predicted molar refractivity (Wildman–Crippen MR) is 123 cm³/mol. The maximum atomic E-state index is 6.50. The molecule has 0 aliphatic rings. The average molecular weight is 370 g/mol. The molecule has 29 heavy (non-hydrogen) atoms. The van der Waals surface area contributed by atoms with E-state index in [1.807, 2.05) is 0 Å². The Labute approximate surface area is 168 Å². The molecule has 6 aromatic rings. The van der Waals surface area contributed by atoms with E-state index in [4.69, 9.17) is 4.74 Å². The summed E-state index contributed by atoms with van der Waals surface area (Å²) in [6.45, 7) is 0. The van der Waals surface area contributed by atoms with Crippen LogP contribution in [0.5, 0.6) is 11.5 Å². The molecule has 0 N–H and O–H groups in total. The number of benzene rings is 6. The van der Waals surface area contributed by atoms with Gasteiger partial charge in [0.15, 0.2) is 0 Å². The van der Waals surface area contributed by atoms with Crippen LogP contribution in [0.15, 0.2) is 109 Å². The third-order valence-corrected chi connectivity index (χ3v) is 5.67. The maximum absolute atomic E-state index is 6.50. The Kier molecular flexibility index (Phi) is 3.54. The van der Waals surface area contributed by atoms with Crippen LogP contribution in [0, 0.1) is 0 Å². The fourth-order valence-corrected chi connectivity index (χ4v) is 4.25. The zero-order valence-electron chi connectivity index (χ0n) is 15.8. The lowest BCUT2D eigenvalue weighted by molar-refractivity contribution is 0.494. The highest BCUT2D eigenvalue weighted by Gasteiger charge is 2.09. The van der Waals surface area contributed by atoms with Gasteiger partial charge in [0.2, 0.25) is 0 Å². The molecule has 0 spiro atoms. The number of fused-ring (bicyclic) bond motifs is 5. The van der Waals surface area contributed by atoms with Gasteiger partial charge in [-0.15, -0.1) is 0 Å². The Balaban J connectivity index is 1.55. The normalized spacial score (nSPS) is 11.4. The topological polar surface area (TPSA) is 9.23 Å². The summed E-state index contributed by atoms with van der Waals surface area (Å²) in [6.07, 6.45) is 0. The summed E-state index contributed by atoms with van der Waals surface area (Å²) in [5, 5.41) is 9.62. The molecule has 0 bridgehead atoms. The number of hydrogen-bond acceptors (Lipinski definition) is 1. The first-order valence-electron chi connectivity index (χ1n) is 9.87. The Morgan fingerprint density at radius 3 is 1.83 bits per heavy atom. The molecule has 0 radical (unpaired) electrons. The van der Waals surface area contributed by atoms with Crippen LogP contribution < -0.4 is 4.74 Å². The highest BCUT2D eigenvalue weighted by atomic mass is 16.5. The molecule has 0 aliphatic heterocycles. The summed E-state index contributed by atoms with van der Waals surface area (Å²) in [5.41, 5.74) is 0. The lowest BCUT2D eigenvalue weighted by Gasteiger charge is -2.13. The first-order chi connectivity index (χ1) is 14.4. The van der Waals surface area contributed by atoms with E-state index in [0.29, 0.717) is 0 Å². The summed E-state index contributed by atoms with van der Waals surface area (Å²) in [5.74, 6) is 1.77. The van der Waals surface area contributed by atoms with E-state index in [9.17, 15) is 0 Å². The fraction of sp³-hybridized carbons (Fsp3) is 0. The summed E-state index contributed by atoms with van der Waals surface area (Å²) in [4.78, 5) is 0. The van der Waals surface area contributed by atoms with Gasteiger partial charge in [0.05, 0.1) is 0 Å². The minimum Gasteiger partial charge on any atom is -0.456 e. The molecule has 6 rings (SSSR count). The van der Waals surface area contributed by atoms with Gasteiger partial charge in [0, 0.05) is 10.8 Å². The van der Waals surface area contributed by atoms with Gasteiger partial charge in [-0.05, 0) is 62.6 Å². The Hall–Kier alpha value is -3.84. The maximum Gasteiger partial charge on any atom is 0.135 e. The lowest BCUT2D eigenvalue weighted by atomic mass is 10.0. The molecule has 6 aromatic carbocycles. The average Bonchev–Trinajstić information content (AvgIpc) is 2.78. The molecule has 0 aliphatic carbocycles. The van der Waals surface area contributed by atoms with Crippen molar-refractivity contribution in [3.05, 3.63) is 109 Å². The van der Waals surface area contributed by atoms with Crippen molar-refractivity contribution in [2.75, 3.05) is 0 Å². The van der Waals surface area contributed by atoms with Crippen molar-refractivity contribution in [2.45, 2.75) is 0 Å². The second kappa shape index (κ2) is 6.35. The first kappa shape index (κ1) is 16.1. The van der Waals surface area contributed by atoms with E-state index in [1.165, 1.54) is 32.3 Å². The summed E-state index contributed by atoms with van der Waals surface area (Å²) >= 11 is 0. The zero-order valence-corrected chi connectivity index (χ0v) is 15.8. The van der Waals surface area contributed by atoms with E-state index in [2.05, 4.69) is 109 Å². The van der Waals surface area contributed by atoms with Crippen LogP contribution in [0.4, 0.5) is 0 Å². The van der Waals surface area contributed by atoms with Crippen LogP contribution in [0.25, 0.3) is 43.1 Å². The van der Waals surface area contributed by atoms with Crippen LogP contribution in [0.3, 0.4) is 0 Å². The van der Waals surface area contributed by atoms with Gasteiger partial charge in [-0.2, -0.15) is 0 Å². The smallest absolute Gasteiger partial charge is 0.135 e. The van der Waals surface area contributed by atoms with Crippen LogP contribution in [0.2, 0.25) is 0 Å². The van der Waals surface area contributed by atoms with Crippen molar-refractivity contribution in [1.82, 2.24) is 0 Å². The molecule has 1 nitrogen and oxygen atoms in total. The van der Waals surface area contributed by atoms with Crippen LogP contribution >= 0.6 is 0 Å². The minimum absolute atomic E-state index is 0.883. The Bertz CT molecular complexity index is 1510. The highest BCUT2D eigenvalue weighted by Crippen LogP contribution is 2.37. The summed E-state index contributed by atoms with van der Waals surface area (Å²) < 4.78 is 6.50. The fourth-order valence-electron chi connectivity index (χ4n) is 4.25. The van der Waals surface area contributed by atoms with Gasteiger partial charge in [-0.3, -0.25) is 0 Å². The SMILES string of the molecule is c1ccc2cc3c(Oc4cccc5c4ccc4ccccc45)cccc3cc2c1. The van der Waals surface area contributed by atoms with Crippen LogP contribution in [-0.4, -0.2) is 0 Å². The van der Waals surface area contributed by atoms with Gasteiger partial charge in [0.1, 0.15) is 11.5 Å². The highest BCUT2D eigenvalue weighted by molar-refractivity contribution is 6.09. The minimum atomic E-state index is 0.883. The predicted octanol–water partition coefficient (Wildman–Crippen LogP) is 8.09. The van der Waals surface area contributed by atoms with Gasteiger partial charge >= 0.3 is 0 Å². The third kappa shape index (κ3) is 2.63. The van der Waals surface area contributed by atoms with E-state index in [0.717, 1.165) is 22.3 Å². The van der Waals surface area contributed by atoms with E-state index in [1.54, 1.807) is 0 Å². The molecule has 0 unspecified atom stereocenters. The Morgan fingerprint density at radius 2 is 0.966 bits per heavy atom. The van der Waals surface area contributed by atoms with Crippen LogP contribution in [0.1, 0.15) is 0 Å². The molecule has 0 atom stereocenters. The van der Waals surface area contributed by atoms with Gasteiger partial charge in [-0.25, -0.2) is 0 Å².